The van der Waals surface area contributed by atoms with Crippen molar-refractivity contribution in [2.75, 3.05) is 52.9 Å². The smallest absolute Gasteiger partial charge is 0.270 e. The Morgan fingerprint density at radius 1 is 1.18 bits per heavy atom. The lowest BCUT2D eigenvalue weighted by Crippen LogP contribution is -2.57. The quantitative estimate of drug-likeness (QED) is 0.828. The zero-order chi connectivity index (χ0) is 19.5. The molecule has 0 bridgehead atoms. The Morgan fingerprint density at radius 2 is 1.96 bits per heavy atom. The molecule has 0 unspecified atom stereocenters. The normalized spacial score (nSPS) is 24.7. The van der Waals surface area contributed by atoms with Crippen LogP contribution in [0.5, 0.6) is 0 Å². The van der Waals surface area contributed by atoms with Gasteiger partial charge in [-0.25, -0.2) is 0 Å². The third kappa shape index (κ3) is 4.09. The molecule has 2 aliphatic rings. The fourth-order valence-corrected chi connectivity index (χ4v) is 4.83. The Balaban J connectivity index is 1.46. The molecule has 6 nitrogen and oxygen atoms in total. The number of hydrogen-bond donors (Lipinski definition) is 2. The van der Waals surface area contributed by atoms with Crippen LogP contribution in [-0.4, -0.2) is 89.7 Å². The average Bonchev–Trinajstić information content (AvgIpc) is 3.16. The highest BCUT2D eigenvalue weighted by molar-refractivity contribution is 5.98. The van der Waals surface area contributed by atoms with Crippen LogP contribution in [0.3, 0.4) is 0 Å². The fraction of sp³-hybridized carbons (Fsp3) is 0.591. The molecule has 1 aromatic heterocycles. The van der Waals surface area contributed by atoms with E-state index in [-0.39, 0.29) is 12.5 Å². The number of nitrogens with zero attached hydrogens (tertiary/aromatic N) is 3. The zero-order valence-corrected chi connectivity index (χ0v) is 16.8. The lowest BCUT2D eigenvalue weighted by atomic mass is 9.86. The van der Waals surface area contributed by atoms with E-state index in [0.29, 0.717) is 17.7 Å². The highest BCUT2D eigenvalue weighted by atomic mass is 16.3. The lowest BCUT2D eigenvalue weighted by molar-refractivity contribution is 0.0216. The summed E-state index contributed by atoms with van der Waals surface area (Å²) in [5, 5.41) is 10.4. The number of carbonyl (C=O) groups is 1. The number of aromatic amines is 1. The highest BCUT2D eigenvalue weighted by Gasteiger charge is 2.36. The maximum Gasteiger partial charge on any atom is 0.270 e. The number of benzene rings is 1. The van der Waals surface area contributed by atoms with Gasteiger partial charge in [-0.15, -0.1) is 0 Å². The second kappa shape index (κ2) is 8.64. The van der Waals surface area contributed by atoms with E-state index in [1.165, 1.54) is 0 Å². The van der Waals surface area contributed by atoms with E-state index in [1.54, 1.807) is 0 Å². The lowest BCUT2D eigenvalue weighted by Gasteiger charge is -2.46. The summed E-state index contributed by atoms with van der Waals surface area (Å²) in [6, 6.07) is 10.5. The molecular formula is C22H32N4O2. The van der Waals surface area contributed by atoms with Gasteiger partial charge in [0.25, 0.3) is 5.91 Å². The molecule has 0 aliphatic carbocycles. The molecule has 0 radical (unpaired) electrons. The Labute approximate surface area is 167 Å². The minimum Gasteiger partial charge on any atom is -0.396 e. The maximum absolute atomic E-state index is 13.1. The summed E-state index contributed by atoms with van der Waals surface area (Å²) in [7, 11) is 2.18. The molecule has 152 valence electrons. The number of para-hydroxylation sites is 1. The van der Waals surface area contributed by atoms with Gasteiger partial charge in [-0.3, -0.25) is 9.69 Å². The SMILES string of the molecule is CN1CCN([C@H]2CCN(C(=O)c3cc4ccccc4[nH]3)C[C@H]2CCCO)CC1. The summed E-state index contributed by atoms with van der Waals surface area (Å²) in [6.45, 7) is 6.25. The third-order valence-corrected chi connectivity index (χ3v) is 6.48. The number of nitrogens with one attached hydrogen (secondary N) is 1. The Morgan fingerprint density at radius 3 is 2.71 bits per heavy atom. The molecule has 28 heavy (non-hydrogen) atoms. The summed E-state index contributed by atoms with van der Waals surface area (Å²) >= 11 is 0. The van der Waals surface area contributed by atoms with E-state index in [4.69, 9.17) is 0 Å². The second-order valence-electron chi connectivity index (χ2n) is 8.34. The molecule has 2 aliphatic heterocycles. The van der Waals surface area contributed by atoms with Crippen molar-refractivity contribution in [2.45, 2.75) is 25.3 Å². The van der Waals surface area contributed by atoms with Gasteiger partial charge >= 0.3 is 0 Å². The van der Waals surface area contributed by atoms with Crippen LogP contribution in [0.15, 0.2) is 30.3 Å². The maximum atomic E-state index is 13.1. The van der Waals surface area contributed by atoms with Crippen LogP contribution in [0.4, 0.5) is 0 Å². The number of amides is 1. The minimum atomic E-state index is 0.0991. The molecule has 2 saturated heterocycles. The number of aliphatic hydroxyl groups is 1. The van der Waals surface area contributed by atoms with E-state index >= 15 is 0 Å². The van der Waals surface area contributed by atoms with Gasteiger partial charge in [-0.05, 0) is 44.4 Å². The monoisotopic (exact) mass is 384 g/mol. The molecular weight excluding hydrogens is 352 g/mol. The van der Waals surface area contributed by atoms with Crippen LogP contribution in [0.25, 0.3) is 10.9 Å². The van der Waals surface area contributed by atoms with Gasteiger partial charge in [0.1, 0.15) is 5.69 Å². The van der Waals surface area contributed by atoms with Crippen LogP contribution >= 0.6 is 0 Å². The number of likely N-dealkylation sites (tertiary alicyclic amines) is 1. The number of piperazine rings is 1. The number of carbonyl (C=O) groups excluding carboxylic acids is 1. The topological polar surface area (TPSA) is 62.8 Å². The molecule has 2 fully saturated rings. The number of fused-ring (bicyclic) bond motifs is 1. The van der Waals surface area contributed by atoms with Crippen LogP contribution in [0, 0.1) is 5.92 Å². The van der Waals surface area contributed by atoms with Gasteiger partial charge in [-0.2, -0.15) is 0 Å². The Hall–Kier alpha value is -1.89. The van der Waals surface area contributed by atoms with Gasteiger partial charge in [0.2, 0.25) is 0 Å². The van der Waals surface area contributed by atoms with E-state index in [9.17, 15) is 9.90 Å². The highest BCUT2D eigenvalue weighted by Crippen LogP contribution is 2.28. The summed E-state index contributed by atoms with van der Waals surface area (Å²) < 4.78 is 0. The second-order valence-corrected chi connectivity index (χ2v) is 8.34. The standard InChI is InChI=1S/C22H32N4O2/c1-24-10-12-25(13-11-24)21-8-9-26(16-18(21)6-4-14-27)22(28)20-15-17-5-2-3-7-19(17)23-20/h2-3,5,7,15,18,21,23,27H,4,6,8-14,16H2,1H3/t18-,21+/m1/s1. The third-order valence-electron chi connectivity index (χ3n) is 6.48. The average molecular weight is 385 g/mol. The number of likely N-dealkylation sites (N-methyl/N-ethyl adjacent to an activating group) is 1. The summed E-state index contributed by atoms with van der Waals surface area (Å²) in [5.74, 6) is 0.527. The molecule has 6 heteroatoms. The van der Waals surface area contributed by atoms with Gasteiger partial charge in [0.15, 0.2) is 0 Å². The fourth-order valence-electron chi connectivity index (χ4n) is 4.83. The van der Waals surface area contributed by atoms with E-state index in [2.05, 4.69) is 21.8 Å². The first-order valence-electron chi connectivity index (χ1n) is 10.6. The van der Waals surface area contributed by atoms with Gasteiger partial charge in [-0.1, -0.05) is 18.2 Å². The van der Waals surface area contributed by atoms with Crippen molar-refractivity contribution in [1.29, 1.82) is 0 Å². The van der Waals surface area contributed by atoms with Gasteiger partial charge in [0, 0.05) is 62.8 Å². The van der Waals surface area contributed by atoms with E-state index < -0.39 is 0 Å². The largest absolute Gasteiger partial charge is 0.396 e. The first kappa shape index (κ1) is 19.4. The molecule has 0 saturated carbocycles. The van der Waals surface area contributed by atoms with Crippen LogP contribution < -0.4 is 0 Å². The van der Waals surface area contributed by atoms with Crippen LogP contribution in [0.2, 0.25) is 0 Å². The predicted octanol–water partition coefficient (Wildman–Crippen LogP) is 2.02. The number of piperidine rings is 1. The molecule has 2 N–H and O–H groups in total. The zero-order valence-electron chi connectivity index (χ0n) is 16.8. The number of hydrogen-bond acceptors (Lipinski definition) is 4. The molecule has 2 atom stereocenters. The molecule has 1 aromatic carbocycles. The summed E-state index contributed by atoms with van der Waals surface area (Å²) in [5.41, 5.74) is 1.69. The van der Waals surface area contributed by atoms with Crippen molar-refractivity contribution < 1.29 is 9.90 Å². The summed E-state index contributed by atoms with van der Waals surface area (Å²) in [4.78, 5) is 23.4. The first-order chi connectivity index (χ1) is 13.7. The van der Waals surface area contributed by atoms with Crippen molar-refractivity contribution in [3.63, 3.8) is 0 Å². The van der Waals surface area contributed by atoms with Crippen molar-refractivity contribution in [3.8, 4) is 0 Å². The molecule has 0 spiro atoms. The number of aromatic nitrogens is 1. The number of rotatable bonds is 5. The molecule has 4 rings (SSSR count). The van der Waals surface area contributed by atoms with E-state index in [0.717, 1.165) is 69.4 Å². The minimum absolute atomic E-state index is 0.0991. The van der Waals surface area contributed by atoms with Crippen molar-refractivity contribution in [2.24, 2.45) is 5.92 Å². The van der Waals surface area contributed by atoms with Crippen molar-refractivity contribution in [3.05, 3.63) is 36.0 Å². The van der Waals surface area contributed by atoms with Crippen LogP contribution in [-0.2, 0) is 0 Å². The predicted molar refractivity (Wildman–Crippen MR) is 111 cm³/mol. The number of H-pyrrole nitrogens is 1. The Kier molecular flexibility index (Phi) is 5.99. The van der Waals surface area contributed by atoms with Crippen molar-refractivity contribution in [1.82, 2.24) is 19.7 Å². The van der Waals surface area contributed by atoms with Crippen molar-refractivity contribution >= 4 is 16.8 Å². The summed E-state index contributed by atoms with van der Waals surface area (Å²) in [6.07, 6.45) is 2.80. The van der Waals surface area contributed by atoms with E-state index in [1.807, 2.05) is 35.2 Å². The van der Waals surface area contributed by atoms with Crippen LogP contribution in [0.1, 0.15) is 29.8 Å². The Bertz CT molecular complexity index is 764. The van der Waals surface area contributed by atoms with Gasteiger partial charge in [0.05, 0.1) is 0 Å². The number of aliphatic hydroxyl groups excluding tert-OH is 1. The molecule has 1 amide bonds. The van der Waals surface area contributed by atoms with Gasteiger partial charge < -0.3 is 19.9 Å². The molecule has 3 heterocycles. The first-order valence-corrected chi connectivity index (χ1v) is 10.6. The molecule has 2 aromatic rings.